The zero-order chi connectivity index (χ0) is 36.6. The Bertz CT molecular complexity index is 1770. The summed E-state index contributed by atoms with van der Waals surface area (Å²) in [6.07, 6.45) is -5.13. The van der Waals surface area contributed by atoms with Crippen LogP contribution in [-0.2, 0) is 26.7 Å². The Kier molecular flexibility index (Phi) is 10.1. The van der Waals surface area contributed by atoms with Crippen LogP contribution in [-0.4, -0.2) is 63.0 Å². The number of halogens is 6. The van der Waals surface area contributed by atoms with Crippen molar-refractivity contribution in [2.45, 2.75) is 81.0 Å². The Balaban J connectivity index is 1.31. The molecule has 3 aromatic rings. The van der Waals surface area contributed by atoms with Gasteiger partial charge in [0, 0.05) is 29.0 Å². The van der Waals surface area contributed by atoms with Gasteiger partial charge in [0.05, 0.1) is 23.4 Å². The van der Waals surface area contributed by atoms with Crippen LogP contribution >= 0.6 is 11.3 Å². The first-order valence-corrected chi connectivity index (χ1v) is 17.3. The predicted molar refractivity (Wildman–Crippen MR) is 175 cm³/mol. The van der Waals surface area contributed by atoms with Crippen LogP contribution in [0.1, 0.15) is 56.1 Å². The summed E-state index contributed by atoms with van der Waals surface area (Å²) < 4.78 is 88.2. The number of alkyl halides is 6. The average Bonchev–Trinajstić information content (AvgIpc) is 3.37. The molecule has 0 unspecified atom stereocenters. The van der Waals surface area contributed by atoms with Crippen molar-refractivity contribution >= 4 is 34.8 Å². The number of carbonyl (C=O) groups is 3. The monoisotopic (exact) mass is 736 g/mol. The molecule has 5 atom stereocenters. The number of nitrogens with zero attached hydrogens (tertiary/aromatic N) is 2. The number of nitrogens with one attached hydrogen (secondary N) is 2. The van der Waals surface area contributed by atoms with Crippen LogP contribution in [0.4, 0.5) is 32.0 Å². The third-order valence-corrected chi connectivity index (χ3v) is 10.1. The zero-order valence-electron chi connectivity index (χ0n) is 27.0. The van der Waals surface area contributed by atoms with Gasteiger partial charge in [0.15, 0.2) is 0 Å². The van der Waals surface area contributed by atoms with E-state index in [1.807, 2.05) is 36.4 Å². The first-order chi connectivity index (χ1) is 24.1. The molecule has 0 spiro atoms. The lowest BCUT2D eigenvalue weighted by atomic mass is 10.0. The fraction of sp³-hybridized carbons (Fsp3) is 0.429. The van der Waals surface area contributed by atoms with E-state index < -0.39 is 76.6 Å². The van der Waals surface area contributed by atoms with Gasteiger partial charge in [0.2, 0.25) is 11.8 Å². The van der Waals surface area contributed by atoms with Gasteiger partial charge in [-0.25, -0.2) is 9.78 Å². The van der Waals surface area contributed by atoms with Crippen molar-refractivity contribution in [1.29, 1.82) is 0 Å². The number of hydrogen-bond acceptors (Lipinski definition) is 7. The number of carboxylic acid groups (broad SMARTS) is 1. The largest absolute Gasteiger partial charge is 0.479 e. The zero-order valence-corrected chi connectivity index (χ0v) is 27.8. The highest BCUT2D eigenvalue weighted by atomic mass is 32.1. The van der Waals surface area contributed by atoms with E-state index in [9.17, 15) is 45.8 Å². The van der Waals surface area contributed by atoms with Gasteiger partial charge in [-0.3, -0.25) is 9.59 Å². The molecule has 2 aromatic carbocycles. The average molecular weight is 737 g/mol. The molecule has 2 fully saturated rings. The number of hydrogen-bond donors (Lipinski definition) is 3. The number of carboxylic acids is 1. The van der Waals surface area contributed by atoms with Crippen LogP contribution < -0.4 is 15.4 Å². The molecule has 16 heteroatoms. The number of fused-ring (bicyclic) bond motifs is 2. The summed E-state index contributed by atoms with van der Waals surface area (Å²) in [7, 11) is 0. The number of amides is 2. The molecule has 0 radical (unpaired) electrons. The molecule has 3 aliphatic rings. The number of aliphatic carboxylic acids is 1. The van der Waals surface area contributed by atoms with Crippen molar-refractivity contribution in [2.24, 2.45) is 5.92 Å². The minimum atomic E-state index is -5.10. The van der Waals surface area contributed by atoms with Crippen LogP contribution in [0.25, 0.3) is 11.3 Å². The molecule has 1 saturated carbocycles. The molecule has 2 amide bonds. The van der Waals surface area contributed by atoms with Crippen molar-refractivity contribution in [2.75, 3.05) is 11.9 Å². The van der Waals surface area contributed by atoms with Crippen LogP contribution in [0.2, 0.25) is 0 Å². The minimum absolute atomic E-state index is 0.00497. The quantitative estimate of drug-likeness (QED) is 0.182. The summed E-state index contributed by atoms with van der Waals surface area (Å²) in [6.45, 7) is -0.171. The highest BCUT2D eigenvalue weighted by molar-refractivity contribution is 7.11. The number of ether oxygens (including phenoxy) is 1. The van der Waals surface area contributed by atoms with Crippen molar-refractivity contribution in [1.82, 2.24) is 15.2 Å². The summed E-state index contributed by atoms with van der Waals surface area (Å²) in [5.74, 6) is -3.21. The number of benzene rings is 2. The molecule has 51 heavy (non-hydrogen) atoms. The Morgan fingerprint density at radius 2 is 1.73 bits per heavy atom. The number of thiazole rings is 1. The van der Waals surface area contributed by atoms with Gasteiger partial charge in [-0.1, -0.05) is 66.7 Å². The SMILES string of the molecule is O=C1N[C@]2(C(=O)O)C[C@@H]2/C=C\CCCCC[C@H](Nc2cc(C(F)(F)F)cc(C(F)(F)F)c2)C(=O)N2C[C@H](Oc3nc(-c4ccccc4)cs3)C[C@@H]12. The van der Waals surface area contributed by atoms with Crippen molar-refractivity contribution < 1.29 is 50.6 Å². The number of allylic oxidation sites excluding steroid dienone is 1. The first kappa shape index (κ1) is 36.2. The molecule has 3 N–H and O–H groups in total. The maximum Gasteiger partial charge on any atom is 0.416 e. The standard InChI is InChI=1S/C35H34F6N4O5S/c36-34(37,38)22-13-23(35(39,40)41)15-24(14-22)42-26-12-8-3-1-2-7-11-21-17-33(21,31(48)49)44-29(46)28-16-25(18-45(28)30(26)47)50-32-43-27(19-51-32)20-9-5-4-6-10-20/h4-7,9-11,13-15,19,21,25-26,28,42H,1-3,8,12,16-18H2,(H,44,46)(H,48,49)/b11-7-/t21-,25+,26-,28-,33+/m0/s1. The van der Waals surface area contributed by atoms with Crippen LogP contribution in [0, 0.1) is 5.92 Å². The Morgan fingerprint density at radius 1 is 1.02 bits per heavy atom. The summed E-state index contributed by atoms with van der Waals surface area (Å²) >= 11 is 1.19. The lowest BCUT2D eigenvalue weighted by Gasteiger charge is -2.30. The van der Waals surface area contributed by atoms with Crippen molar-refractivity contribution in [3.05, 3.63) is 77.2 Å². The second-order valence-corrected chi connectivity index (χ2v) is 13.8. The van der Waals surface area contributed by atoms with Crippen molar-refractivity contribution in [3.8, 4) is 16.5 Å². The lowest BCUT2D eigenvalue weighted by molar-refractivity contribution is -0.145. The van der Waals surface area contributed by atoms with E-state index in [0.717, 1.165) is 5.56 Å². The van der Waals surface area contributed by atoms with Gasteiger partial charge in [-0.05, 0) is 43.9 Å². The lowest BCUT2D eigenvalue weighted by Crippen LogP contribution is -2.55. The van der Waals surface area contributed by atoms with E-state index in [-0.39, 0.29) is 37.1 Å². The molecule has 1 aliphatic carbocycles. The van der Waals surface area contributed by atoms with Crippen LogP contribution in [0.5, 0.6) is 5.19 Å². The van der Waals surface area contributed by atoms with Crippen molar-refractivity contribution in [3.63, 3.8) is 0 Å². The highest BCUT2D eigenvalue weighted by Gasteiger charge is 2.61. The Morgan fingerprint density at radius 3 is 2.39 bits per heavy atom. The third kappa shape index (κ3) is 8.16. The predicted octanol–water partition coefficient (Wildman–Crippen LogP) is 7.16. The molecule has 9 nitrogen and oxygen atoms in total. The van der Waals surface area contributed by atoms with Crippen LogP contribution in [0.15, 0.2) is 66.1 Å². The maximum absolute atomic E-state index is 14.3. The van der Waals surface area contributed by atoms with Gasteiger partial charge in [-0.2, -0.15) is 26.3 Å². The summed E-state index contributed by atoms with van der Waals surface area (Å²) in [6, 6.07) is 7.73. The number of anilines is 1. The van der Waals surface area contributed by atoms with Gasteiger partial charge in [0.1, 0.15) is 23.7 Å². The Labute approximate surface area is 292 Å². The van der Waals surface area contributed by atoms with E-state index >= 15 is 0 Å². The molecular weight excluding hydrogens is 702 g/mol. The fourth-order valence-corrected chi connectivity index (χ4v) is 7.33. The molecule has 0 bridgehead atoms. The first-order valence-electron chi connectivity index (χ1n) is 16.4. The topological polar surface area (TPSA) is 121 Å². The van der Waals surface area contributed by atoms with E-state index in [2.05, 4.69) is 15.6 Å². The number of rotatable bonds is 6. The Hall–Kier alpha value is -4.60. The molecule has 1 aromatic heterocycles. The molecule has 1 saturated heterocycles. The molecule has 6 rings (SSSR count). The smallest absolute Gasteiger partial charge is 0.416 e. The number of aromatic nitrogens is 1. The summed E-state index contributed by atoms with van der Waals surface area (Å²) in [5, 5.41) is 17.4. The van der Waals surface area contributed by atoms with E-state index in [1.54, 1.807) is 11.5 Å². The molecular formula is C35H34F6N4O5S. The second-order valence-electron chi connectivity index (χ2n) is 13.0. The van der Waals surface area contributed by atoms with Gasteiger partial charge in [0.25, 0.3) is 5.19 Å². The fourth-order valence-electron chi connectivity index (χ4n) is 6.58. The molecule has 2 aliphatic heterocycles. The van der Waals surface area contributed by atoms with Gasteiger partial charge < -0.3 is 25.4 Å². The molecule has 3 heterocycles. The minimum Gasteiger partial charge on any atom is -0.479 e. The maximum atomic E-state index is 14.3. The van der Waals surface area contributed by atoms with E-state index in [4.69, 9.17) is 4.74 Å². The third-order valence-electron chi connectivity index (χ3n) is 9.37. The molecule has 272 valence electrons. The van der Waals surface area contributed by atoms with Gasteiger partial charge in [-0.15, -0.1) is 0 Å². The normalized spacial score (nSPS) is 26.6. The second kappa shape index (κ2) is 14.2. The van der Waals surface area contributed by atoms with E-state index in [1.165, 1.54) is 16.2 Å². The van der Waals surface area contributed by atoms with E-state index in [0.29, 0.717) is 43.5 Å². The highest BCUT2D eigenvalue weighted by Crippen LogP contribution is 2.46. The number of carbonyl (C=O) groups excluding carboxylic acids is 2. The van der Waals surface area contributed by atoms with Gasteiger partial charge >= 0.3 is 18.3 Å². The van der Waals surface area contributed by atoms with Crippen LogP contribution in [0.3, 0.4) is 0 Å². The summed E-state index contributed by atoms with van der Waals surface area (Å²) in [5.41, 5.74) is -3.76. The summed E-state index contributed by atoms with van der Waals surface area (Å²) in [4.78, 5) is 46.2.